The number of rotatable bonds is 3. The number of anilines is 1. The molecule has 1 atom stereocenters. The number of alkyl halides is 1. The highest BCUT2D eigenvalue weighted by atomic mass is 35.5. The Kier molecular flexibility index (Phi) is 4.15. The van der Waals surface area contributed by atoms with Crippen LogP contribution in [0.15, 0.2) is 24.3 Å². The second kappa shape index (κ2) is 5.17. The standard InChI is InChI=1S/C12H16ClNO/c1-9-6-4-5-7-11(9)14(3)12(15)10(2)8-13/h4-7,10H,8H2,1-3H3. The molecule has 0 fully saturated rings. The van der Waals surface area contributed by atoms with Crippen LogP contribution in [0.25, 0.3) is 0 Å². The normalized spacial score (nSPS) is 12.3. The first kappa shape index (κ1) is 12.1. The van der Waals surface area contributed by atoms with Crippen molar-refractivity contribution in [1.82, 2.24) is 0 Å². The lowest BCUT2D eigenvalue weighted by Gasteiger charge is -2.22. The van der Waals surface area contributed by atoms with Gasteiger partial charge >= 0.3 is 0 Å². The minimum absolute atomic E-state index is 0.0549. The number of carbonyl (C=O) groups is 1. The van der Waals surface area contributed by atoms with Gasteiger partial charge in [0.15, 0.2) is 0 Å². The van der Waals surface area contributed by atoms with E-state index in [1.165, 1.54) is 0 Å². The van der Waals surface area contributed by atoms with Gasteiger partial charge < -0.3 is 4.90 Å². The van der Waals surface area contributed by atoms with E-state index in [1.807, 2.05) is 38.1 Å². The molecule has 0 aliphatic heterocycles. The van der Waals surface area contributed by atoms with E-state index in [1.54, 1.807) is 11.9 Å². The third-order valence-corrected chi connectivity index (χ3v) is 2.92. The maximum Gasteiger partial charge on any atom is 0.230 e. The minimum atomic E-state index is -0.142. The van der Waals surface area contributed by atoms with E-state index in [4.69, 9.17) is 11.6 Å². The molecule has 1 aromatic rings. The van der Waals surface area contributed by atoms with Crippen molar-refractivity contribution < 1.29 is 4.79 Å². The average Bonchev–Trinajstić information content (AvgIpc) is 2.26. The molecule has 0 heterocycles. The van der Waals surface area contributed by atoms with Crippen molar-refractivity contribution >= 4 is 23.2 Å². The third-order valence-electron chi connectivity index (χ3n) is 2.46. The van der Waals surface area contributed by atoms with E-state index in [0.29, 0.717) is 5.88 Å². The van der Waals surface area contributed by atoms with Gasteiger partial charge in [-0.3, -0.25) is 4.79 Å². The van der Waals surface area contributed by atoms with Crippen LogP contribution in [0, 0.1) is 12.8 Å². The number of hydrogen-bond acceptors (Lipinski definition) is 1. The molecule has 3 heteroatoms. The molecule has 0 bridgehead atoms. The van der Waals surface area contributed by atoms with Crippen molar-refractivity contribution in [3.8, 4) is 0 Å². The lowest BCUT2D eigenvalue weighted by Crippen LogP contribution is -2.32. The van der Waals surface area contributed by atoms with Gasteiger partial charge in [-0.05, 0) is 18.6 Å². The van der Waals surface area contributed by atoms with Crippen LogP contribution in [0.4, 0.5) is 5.69 Å². The van der Waals surface area contributed by atoms with Crippen molar-refractivity contribution in [2.45, 2.75) is 13.8 Å². The zero-order chi connectivity index (χ0) is 11.4. The number of hydrogen-bond donors (Lipinski definition) is 0. The van der Waals surface area contributed by atoms with Crippen molar-refractivity contribution in [2.24, 2.45) is 5.92 Å². The van der Waals surface area contributed by atoms with Gasteiger partial charge in [0, 0.05) is 24.5 Å². The number of carbonyl (C=O) groups excluding carboxylic acids is 1. The molecule has 15 heavy (non-hydrogen) atoms. The SMILES string of the molecule is Cc1ccccc1N(C)C(=O)C(C)CCl. The summed E-state index contributed by atoms with van der Waals surface area (Å²) in [6, 6.07) is 7.82. The molecule has 0 aromatic heterocycles. The van der Waals surface area contributed by atoms with E-state index in [-0.39, 0.29) is 11.8 Å². The fourth-order valence-electron chi connectivity index (χ4n) is 1.46. The summed E-state index contributed by atoms with van der Waals surface area (Å²) in [6.45, 7) is 3.83. The Hall–Kier alpha value is -1.02. The summed E-state index contributed by atoms with van der Waals surface area (Å²) < 4.78 is 0. The zero-order valence-corrected chi connectivity index (χ0v) is 10.1. The smallest absolute Gasteiger partial charge is 0.230 e. The zero-order valence-electron chi connectivity index (χ0n) is 9.33. The van der Waals surface area contributed by atoms with Gasteiger partial charge in [-0.25, -0.2) is 0 Å². The maximum absolute atomic E-state index is 11.9. The Labute approximate surface area is 95.8 Å². The highest BCUT2D eigenvalue weighted by molar-refractivity contribution is 6.19. The molecule has 0 aliphatic carbocycles. The first-order valence-electron chi connectivity index (χ1n) is 4.97. The maximum atomic E-state index is 11.9. The Morgan fingerprint density at radius 3 is 2.60 bits per heavy atom. The molecule has 1 amide bonds. The molecule has 0 aliphatic rings. The molecule has 1 aromatic carbocycles. The highest BCUT2D eigenvalue weighted by Gasteiger charge is 2.18. The topological polar surface area (TPSA) is 20.3 Å². The second-order valence-corrected chi connectivity index (χ2v) is 4.05. The molecule has 0 radical (unpaired) electrons. The van der Waals surface area contributed by atoms with Crippen LogP contribution in [0.3, 0.4) is 0 Å². The first-order chi connectivity index (χ1) is 7.07. The number of benzene rings is 1. The van der Waals surface area contributed by atoms with Gasteiger partial charge in [-0.2, -0.15) is 0 Å². The summed E-state index contributed by atoms with van der Waals surface area (Å²) >= 11 is 5.67. The summed E-state index contributed by atoms with van der Waals surface area (Å²) in [5, 5.41) is 0. The lowest BCUT2D eigenvalue weighted by atomic mass is 10.1. The van der Waals surface area contributed by atoms with Crippen molar-refractivity contribution in [3.05, 3.63) is 29.8 Å². The Balaban J connectivity index is 2.90. The Morgan fingerprint density at radius 2 is 2.07 bits per heavy atom. The van der Waals surface area contributed by atoms with Crippen molar-refractivity contribution in [2.75, 3.05) is 17.8 Å². The van der Waals surface area contributed by atoms with E-state index in [2.05, 4.69) is 0 Å². The van der Waals surface area contributed by atoms with E-state index in [0.717, 1.165) is 11.3 Å². The third kappa shape index (κ3) is 2.72. The minimum Gasteiger partial charge on any atom is -0.315 e. The van der Waals surface area contributed by atoms with Gasteiger partial charge in [0.05, 0.1) is 0 Å². The molecule has 1 unspecified atom stereocenters. The number of para-hydroxylation sites is 1. The highest BCUT2D eigenvalue weighted by Crippen LogP contribution is 2.19. The van der Waals surface area contributed by atoms with E-state index in [9.17, 15) is 4.79 Å². The fraction of sp³-hybridized carbons (Fsp3) is 0.417. The number of nitrogens with zero attached hydrogens (tertiary/aromatic N) is 1. The molecule has 0 saturated heterocycles. The molecule has 82 valence electrons. The first-order valence-corrected chi connectivity index (χ1v) is 5.50. The second-order valence-electron chi connectivity index (χ2n) is 3.74. The van der Waals surface area contributed by atoms with Crippen molar-refractivity contribution in [1.29, 1.82) is 0 Å². The summed E-state index contributed by atoms with van der Waals surface area (Å²) in [5.41, 5.74) is 2.04. The Bertz CT molecular complexity index is 351. The van der Waals surface area contributed by atoms with Crippen LogP contribution in [0.1, 0.15) is 12.5 Å². The van der Waals surface area contributed by atoms with Crippen LogP contribution in [0.5, 0.6) is 0 Å². The van der Waals surface area contributed by atoms with Gasteiger partial charge in [-0.15, -0.1) is 11.6 Å². The predicted molar refractivity (Wildman–Crippen MR) is 64.5 cm³/mol. The van der Waals surface area contributed by atoms with Gasteiger partial charge in [0.25, 0.3) is 0 Å². The summed E-state index contributed by atoms with van der Waals surface area (Å²) in [7, 11) is 1.79. The average molecular weight is 226 g/mol. The quantitative estimate of drug-likeness (QED) is 0.725. The molecule has 1 rings (SSSR count). The summed E-state index contributed by atoms with van der Waals surface area (Å²) in [4.78, 5) is 13.5. The summed E-state index contributed by atoms with van der Waals surface area (Å²) in [5.74, 6) is 0.269. The molecular weight excluding hydrogens is 210 g/mol. The van der Waals surface area contributed by atoms with Gasteiger partial charge in [0.1, 0.15) is 0 Å². The predicted octanol–water partition coefficient (Wildman–Crippen LogP) is 2.83. The fourth-order valence-corrected chi connectivity index (χ4v) is 1.59. The van der Waals surface area contributed by atoms with Gasteiger partial charge in [0.2, 0.25) is 5.91 Å². The Morgan fingerprint density at radius 1 is 1.47 bits per heavy atom. The monoisotopic (exact) mass is 225 g/mol. The molecule has 0 saturated carbocycles. The molecule has 0 spiro atoms. The number of halogens is 1. The van der Waals surface area contributed by atoms with Crippen LogP contribution in [-0.4, -0.2) is 18.8 Å². The van der Waals surface area contributed by atoms with Crippen LogP contribution >= 0.6 is 11.6 Å². The van der Waals surface area contributed by atoms with E-state index < -0.39 is 0 Å². The summed E-state index contributed by atoms with van der Waals surface area (Å²) in [6.07, 6.45) is 0. The van der Waals surface area contributed by atoms with Gasteiger partial charge in [-0.1, -0.05) is 25.1 Å². The number of aryl methyl sites for hydroxylation is 1. The van der Waals surface area contributed by atoms with Crippen LogP contribution < -0.4 is 4.90 Å². The van der Waals surface area contributed by atoms with Crippen molar-refractivity contribution in [3.63, 3.8) is 0 Å². The van der Waals surface area contributed by atoms with E-state index >= 15 is 0 Å². The molecule has 0 N–H and O–H groups in total. The van der Waals surface area contributed by atoms with Crippen LogP contribution in [0.2, 0.25) is 0 Å². The van der Waals surface area contributed by atoms with Crippen LogP contribution in [-0.2, 0) is 4.79 Å². The lowest BCUT2D eigenvalue weighted by molar-refractivity contribution is -0.121. The largest absolute Gasteiger partial charge is 0.315 e. The molecular formula is C12H16ClNO. The number of amides is 1. The molecule has 2 nitrogen and oxygen atoms in total.